The fourth-order valence-corrected chi connectivity index (χ4v) is 3.05. The van der Waals surface area contributed by atoms with Crippen LogP contribution in [0.2, 0.25) is 0 Å². The highest BCUT2D eigenvalue weighted by atomic mass is 16.6. The van der Waals surface area contributed by atoms with Crippen LogP contribution >= 0.6 is 0 Å². The minimum atomic E-state index is -0.817. The standard InChI is InChI=1S/C25H20N2O7/c1-15-20(26-22(33-15)17-9-5-3-6-10-17)24(29)31-13-19(28)14-32-25(30)21-16(2)34-23(27-21)18-11-7-4-8-12-18/h3-12H,13-14H2,1-2H3. The number of rotatable bonds is 8. The van der Waals surface area contributed by atoms with Crippen LogP contribution in [-0.2, 0) is 14.3 Å². The highest BCUT2D eigenvalue weighted by Gasteiger charge is 2.22. The van der Waals surface area contributed by atoms with E-state index in [0.29, 0.717) is 11.1 Å². The van der Waals surface area contributed by atoms with Gasteiger partial charge in [-0.25, -0.2) is 19.6 Å². The molecule has 0 N–H and O–H groups in total. The molecule has 0 aliphatic carbocycles. The number of hydrogen-bond donors (Lipinski definition) is 0. The molecule has 0 aliphatic rings. The van der Waals surface area contributed by atoms with E-state index in [1.54, 1.807) is 38.1 Å². The van der Waals surface area contributed by atoms with Crippen molar-refractivity contribution >= 4 is 17.7 Å². The van der Waals surface area contributed by atoms with E-state index in [1.807, 2.05) is 36.4 Å². The number of benzene rings is 2. The van der Waals surface area contributed by atoms with Gasteiger partial charge in [0.1, 0.15) is 11.5 Å². The lowest BCUT2D eigenvalue weighted by Crippen LogP contribution is -2.21. The number of carbonyl (C=O) groups is 3. The number of hydrogen-bond acceptors (Lipinski definition) is 9. The van der Waals surface area contributed by atoms with Gasteiger partial charge in [0.15, 0.2) is 24.6 Å². The van der Waals surface area contributed by atoms with Crippen molar-refractivity contribution in [1.29, 1.82) is 0 Å². The van der Waals surface area contributed by atoms with Gasteiger partial charge in [-0.1, -0.05) is 36.4 Å². The normalized spacial score (nSPS) is 10.6. The van der Waals surface area contributed by atoms with Crippen LogP contribution in [-0.4, -0.2) is 40.9 Å². The zero-order valence-electron chi connectivity index (χ0n) is 18.4. The monoisotopic (exact) mass is 460 g/mol. The second-order valence-corrected chi connectivity index (χ2v) is 7.27. The zero-order chi connectivity index (χ0) is 24.1. The van der Waals surface area contributed by atoms with Gasteiger partial charge in [0, 0.05) is 11.1 Å². The van der Waals surface area contributed by atoms with Gasteiger partial charge in [-0.2, -0.15) is 0 Å². The molecule has 0 atom stereocenters. The Hall–Kier alpha value is -4.53. The minimum Gasteiger partial charge on any atom is -0.453 e. The Labute approximate surface area is 194 Å². The molecular weight excluding hydrogens is 440 g/mol. The van der Waals surface area contributed by atoms with Crippen molar-refractivity contribution in [2.75, 3.05) is 13.2 Å². The quantitative estimate of drug-likeness (QED) is 0.356. The summed E-state index contributed by atoms with van der Waals surface area (Å²) >= 11 is 0. The average molecular weight is 460 g/mol. The van der Waals surface area contributed by atoms with Gasteiger partial charge >= 0.3 is 11.9 Å². The summed E-state index contributed by atoms with van der Waals surface area (Å²) in [7, 11) is 0. The Kier molecular flexibility index (Phi) is 6.63. The van der Waals surface area contributed by atoms with Crippen LogP contribution in [0.5, 0.6) is 0 Å². The van der Waals surface area contributed by atoms with Crippen molar-refractivity contribution in [3.8, 4) is 22.9 Å². The van der Waals surface area contributed by atoms with Crippen LogP contribution in [0.4, 0.5) is 0 Å². The predicted octanol–water partition coefficient (Wildman–Crippen LogP) is 4.20. The molecule has 0 radical (unpaired) electrons. The van der Waals surface area contributed by atoms with Gasteiger partial charge in [0.2, 0.25) is 17.6 Å². The van der Waals surface area contributed by atoms with Gasteiger partial charge < -0.3 is 18.3 Å². The number of Topliss-reactive ketones (excluding diaryl/α,β-unsaturated/α-hetero) is 1. The highest BCUT2D eigenvalue weighted by Crippen LogP contribution is 2.23. The first-order chi connectivity index (χ1) is 16.4. The van der Waals surface area contributed by atoms with Crippen molar-refractivity contribution in [2.45, 2.75) is 13.8 Å². The average Bonchev–Trinajstić information content (AvgIpc) is 3.45. The molecule has 0 unspecified atom stereocenters. The topological polar surface area (TPSA) is 122 Å². The van der Waals surface area contributed by atoms with Crippen LogP contribution in [0, 0.1) is 13.8 Å². The number of esters is 2. The molecule has 0 saturated carbocycles. The number of ketones is 1. The van der Waals surface area contributed by atoms with Crippen LogP contribution < -0.4 is 0 Å². The molecule has 2 heterocycles. The molecule has 0 aliphatic heterocycles. The molecule has 0 spiro atoms. The van der Waals surface area contributed by atoms with Gasteiger partial charge in [-0.15, -0.1) is 0 Å². The molecule has 4 aromatic rings. The van der Waals surface area contributed by atoms with E-state index in [1.165, 1.54) is 0 Å². The summed E-state index contributed by atoms with van der Waals surface area (Å²) in [4.78, 5) is 45.1. The molecule has 0 amide bonds. The maximum atomic E-state index is 12.3. The van der Waals surface area contributed by atoms with Crippen LogP contribution in [0.3, 0.4) is 0 Å². The summed E-state index contributed by atoms with van der Waals surface area (Å²) in [6.07, 6.45) is 0. The second kappa shape index (κ2) is 9.95. The van der Waals surface area contributed by atoms with E-state index in [2.05, 4.69) is 9.97 Å². The summed E-state index contributed by atoms with van der Waals surface area (Å²) < 4.78 is 21.1. The van der Waals surface area contributed by atoms with Crippen molar-refractivity contribution < 1.29 is 32.7 Å². The highest BCUT2D eigenvalue weighted by molar-refractivity contribution is 5.93. The van der Waals surface area contributed by atoms with Crippen LogP contribution in [0.15, 0.2) is 69.5 Å². The third kappa shape index (κ3) is 5.09. The molecule has 0 fully saturated rings. The van der Waals surface area contributed by atoms with Crippen LogP contribution in [0.25, 0.3) is 22.9 Å². The molecule has 172 valence electrons. The summed E-state index contributed by atoms with van der Waals surface area (Å²) in [5.74, 6) is -1.19. The van der Waals surface area contributed by atoms with Crippen LogP contribution in [0.1, 0.15) is 32.5 Å². The number of aryl methyl sites for hydroxylation is 2. The van der Waals surface area contributed by atoms with Gasteiger partial charge in [-0.3, -0.25) is 4.79 Å². The molecule has 4 rings (SSSR count). The molecule has 9 nitrogen and oxygen atoms in total. The van der Waals surface area contributed by atoms with E-state index >= 15 is 0 Å². The second-order valence-electron chi connectivity index (χ2n) is 7.27. The first kappa shape index (κ1) is 22.7. The van der Waals surface area contributed by atoms with Gasteiger partial charge in [0.25, 0.3) is 0 Å². The Bertz CT molecular complexity index is 1220. The smallest absolute Gasteiger partial charge is 0.361 e. The Morgan fingerprint density at radius 1 is 0.676 bits per heavy atom. The maximum absolute atomic E-state index is 12.3. The Morgan fingerprint density at radius 2 is 1.06 bits per heavy atom. The van der Waals surface area contributed by atoms with Crippen molar-refractivity contribution in [2.24, 2.45) is 0 Å². The molecule has 0 saturated heterocycles. The lowest BCUT2D eigenvalue weighted by atomic mass is 10.2. The van der Waals surface area contributed by atoms with Gasteiger partial charge in [0.05, 0.1) is 0 Å². The van der Waals surface area contributed by atoms with Gasteiger partial charge in [-0.05, 0) is 38.1 Å². The predicted molar refractivity (Wildman–Crippen MR) is 119 cm³/mol. The SMILES string of the molecule is Cc1oc(-c2ccccc2)nc1C(=O)OCC(=O)COC(=O)c1nc(-c2ccccc2)oc1C. The fraction of sp³-hybridized carbons (Fsp3) is 0.160. The first-order valence-electron chi connectivity index (χ1n) is 10.3. The molecule has 2 aromatic carbocycles. The van der Waals surface area contributed by atoms with E-state index in [0.717, 1.165) is 0 Å². The van der Waals surface area contributed by atoms with Crippen molar-refractivity contribution in [3.63, 3.8) is 0 Å². The fourth-order valence-electron chi connectivity index (χ4n) is 3.05. The molecule has 0 bridgehead atoms. The number of ether oxygens (including phenoxy) is 2. The Balaban J connectivity index is 1.30. The Morgan fingerprint density at radius 3 is 1.44 bits per heavy atom. The summed E-state index contributed by atoms with van der Waals surface area (Å²) in [5, 5.41) is 0. The van der Waals surface area contributed by atoms with E-state index in [4.69, 9.17) is 18.3 Å². The number of oxazole rings is 2. The number of aromatic nitrogens is 2. The summed E-state index contributed by atoms with van der Waals surface area (Å²) in [6.45, 7) is 1.96. The lowest BCUT2D eigenvalue weighted by Gasteiger charge is -2.04. The van der Waals surface area contributed by atoms with Crippen molar-refractivity contribution in [3.05, 3.63) is 83.6 Å². The van der Waals surface area contributed by atoms with E-state index < -0.39 is 30.9 Å². The number of nitrogens with zero attached hydrogens (tertiary/aromatic N) is 2. The molecule has 34 heavy (non-hydrogen) atoms. The lowest BCUT2D eigenvalue weighted by molar-refractivity contribution is -0.125. The molecular formula is C25H20N2O7. The largest absolute Gasteiger partial charge is 0.453 e. The van der Waals surface area contributed by atoms with E-state index in [-0.39, 0.29) is 34.7 Å². The first-order valence-corrected chi connectivity index (χ1v) is 10.3. The third-order valence-corrected chi connectivity index (χ3v) is 4.75. The summed E-state index contributed by atoms with van der Waals surface area (Å²) in [6, 6.07) is 18.1. The van der Waals surface area contributed by atoms with Crippen molar-refractivity contribution in [1.82, 2.24) is 9.97 Å². The molecule has 2 aromatic heterocycles. The number of carbonyl (C=O) groups excluding carboxylic acids is 3. The third-order valence-electron chi connectivity index (χ3n) is 4.75. The zero-order valence-corrected chi connectivity index (χ0v) is 18.4. The summed E-state index contributed by atoms with van der Waals surface area (Å²) in [5.41, 5.74) is 1.34. The maximum Gasteiger partial charge on any atom is 0.361 e. The molecule has 9 heteroatoms. The minimum absolute atomic E-state index is 0.0321. The van der Waals surface area contributed by atoms with E-state index in [9.17, 15) is 14.4 Å².